The van der Waals surface area contributed by atoms with Crippen molar-refractivity contribution in [1.82, 2.24) is 18.8 Å². The van der Waals surface area contributed by atoms with Gasteiger partial charge in [-0.25, -0.2) is 13.4 Å². The third-order valence-corrected chi connectivity index (χ3v) is 7.40. The number of hydrogen-bond donors (Lipinski definition) is 1. The van der Waals surface area contributed by atoms with E-state index in [9.17, 15) is 13.2 Å². The second kappa shape index (κ2) is 8.81. The van der Waals surface area contributed by atoms with Crippen molar-refractivity contribution in [3.05, 3.63) is 24.0 Å². The lowest BCUT2D eigenvalue weighted by Crippen LogP contribution is -2.38. The Bertz CT molecular complexity index is 977. The quantitative estimate of drug-likeness (QED) is 0.702. The lowest BCUT2D eigenvalue weighted by atomic mass is 10.2. The molecule has 1 saturated heterocycles. The number of piperidine rings is 1. The van der Waals surface area contributed by atoms with Crippen LogP contribution < -0.4 is 5.73 Å². The SMILES string of the molecule is CCn1c(CN(CC(N)=O)C(C)C)nc2cc(S(=O)(=O)N3CCCCC3)ccc21. The van der Waals surface area contributed by atoms with Crippen LogP contribution in [-0.4, -0.2) is 58.8 Å². The number of aryl methyl sites for hydroxylation is 1. The highest BCUT2D eigenvalue weighted by Gasteiger charge is 2.27. The van der Waals surface area contributed by atoms with Crippen LogP contribution in [0, 0.1) is 0 Å². The van der Waals surface area contributed by atoms with Gasteiger partial charge in [-0.2, -0.15) is 4.31 Å². The zero-order chi connectivity index (χ0) is 21.2. The summed E-state index contributed by atoms with van der Waals surface area (Å²) in [5.41, 5.74) is 6.94. The van der Waals surface area contributed by atoms with Crippen LogP contribution in [0.5, 0.6) is 0 Å². The van der Waals surface area contributed by atoms with Crippen molar-refractivity contribution in [3.8, 4) is 0 Å². The summed E-state index contributed by atoms with van der Waals surface area (Å²) >= 11 is 0. The van der Waals surface area contributed by atoms with Gasteiger partial charge in [0.05, 0.1) is 29.0 Å². The normalized spacial score (nSPS) is 16.2. The molecule has 1 aliphatic rings. The largest absolute Gasteiger partial charge is 0.369 e. The molecule has 0 atom stereocenters. The molecular weight excluding hydrogens is 390 g/mol. The summed E-state index contributed by atoms with van der Waals surface area (Å²) in [6, 6.07) is 5.30. The molecule has 0 aliphatic carbocycles. The van der Waals surface area contributed by atoms with E-state index in [4.69, 9.17) is 10.7 Å². The van der Waals surface area contributed by atoms with Gasteiger partial charge < -0.3 is 10.3 Å². The van der Waals surface area contributed by atoms with E-state index in [0.717, 1.165) is 30.6 Å². The fourth-order valence-corrected chi connectivity index (χ4v) is 5.39. The molecule has 2 aromatic rings. The Balaban J connectivity index is 1.96. The number of carbonyl (C=O) groups excluding carboxylic acids is 1. The standard InChI is InChI=1S/C20H31N5O3S/c1-4-25-18-9-8-16(29(27,28)24-10-6-5-7-11-24)12-17(18)22-20(25)14-23(15(2)3)13-19(21)26/h8-9,12,15H,4-7,10-11,13-14H2,1-3H3,(H2,21,26). The van der Waals surface area contributed by atoms with Gasteiger partial charge in [0.25, 0.3) is 0 Å². The number of imidazole rings is 1. The summed E-state index contributed by atoms with van der Waals surface area (Å²) < 4.78 is 29.7. The summed E-state index contributed by atoms with van der Waals surface area (Å²) in [5, 5.41) is 0. The number of nitrogens with two attached hydrogens (primary N) is 1. The van der Waals surface area contributed by atoms with Gasteiger partial charge in [0.15, 0.2) is 0 Å². The second-order valence-corrected chi connectivity index (χ2v) is 9.79. The molecule has 160 valence electrons. The van der Waals surface area contributed by atoms with Crippen molar-refractivity contribution in [1.29, 1.82) is 0 Å². The number of primary amides is 1. The zero-order valence-electron chi connectivity index (χ0n) is 17.5. The molecule has 29 heavy (non-hydrogen) atoms. The van der Waals surface area contributed by atoms with E-state index in [1.807, 2.05) is 31.7 Å². The third-order valence-electron chi connectivity index (χ3n) is 5.50. The van der Waals surface area contributed by atoms with Gasteiger partial charge in [0.2, 0.25) is 15.9 Å². The molecule has 2 heterocycles. The molecule has 0 saturated carbocycles. The number of hydrogen-bond acceptors (Lipinski definition) is 5. The van der Waals surface area contributed by atoms with Crippen molar-refractivity contribution in [2.45, 2.75) is 64.1 Å². The molecule has 0 bridgehead atoms. The molecule has 0 radical (unpaired) electrons. The van der Waals surface area contributed by atoms with E-state index in [1.54, 1.807) is 16.4 Å². The Morgan fingerprint density at radius 1 is 1.24 bits per heavy atom. The fourth-order valence-electron chi connectivity index (χ4n) is 3.85. The van der Waals surface area contributed by atoms with Crippen molar-refractivity contribution < 1.29 is 13.2 Å². The minimum Gasteiger partial charge on any atom is -0.369 e. The lowest BCUT2D eigenvalue weighted by Gasteiger charge is -2.25. The molecule has 3 rings (SSSR count). The summed E-state index contributed by atoms with van der Waals surface area (Å²) in [4.78, 5) is 18.4. The molecule has 2 N–H and O–H groups in total. The van der Waals surface area contributed by atoms with Crippen LogP contribution >= 0.6 is 0 Å². The van der Waals surface area contributed by atoms with Crippen LogP contribution in [0.25, 0.3) is 11.0 Å². The number of nitrogens with zero attached hydrogens (tertiary/aromatic N) is 4. The van der Waals surface area contributed by atoms with E-state index in [-0.39, 0.29) is 23.4 Å². The third kappa shape index (κ3) is 4.62. The molecule has 9 heteroatoms. The summed E-state index contributed by atoms with van der Waals surface area (Å²) in [6.45, 7) is 8.51. The average Bonchev–Trinajstić information content (AvgIpc) is 3.03. The average molecular weight is 422 g/mol. The molecule has 1 aliphatic heterocycles. The van der Waals surface area contributed by atoms with Crippen LogP contribution in [0.15, 0.2) is 23.1 Å². The van der Waals surface area contributed by atoms with Gasteiger partial charge in [-0.3, -0.25) is 9.69 Å². The minimum absolute atomic E-state index is 0.127. The van der Waals surface area contributed by atoms with Gasteiger partial charge >= 0.3 is 0 Å². The molecule has 1 amide bonds. The molecule has 1 aromatic carbocycles. The number of rotatable bonds is 8. The maximum Gasteiger partial charge on any atom is 0.243 e. The molecule has 8 nitrogen and oxygen atoms in total. The topological polar surface area (TPSA) is 102 Å². The molecule has 0 unspecified atom stereocenters. The maximum atomic E-state index is 13.0. The number of benzene rings is 1. The highest BCUT2D eigenvalue weighted by Crippen LogP contribution is 2.25. The Kier molecular flexibility index (Phi) is 6.60. The summed E-state index contributed by atoms with van der Waals surface area (Å²) in [7, 11) is -3.50. The predicted molar refractivity (Wildman–Crippen MR) is 113 cm³/mol. The number of fused-ring (bicyclic) bond motifs is 1. The first-order chi connectivity index (χ1) is 13.7. The number of aromatic nitrogens is 2. The summed E-state index contributed by atoms with van der Waals surface area (Å²) in [6.07, 6.45) is 2.88. The number of carbonyl (C=O) groups is 1. The van der Waals surface area contributed by atoms with Crippen LogP contribution in [-0.2, 0) is 27.9 Å². The van der Waals surface area contributed by atoms with E-state index < -0.39 is 10.0 Å². The maximum absolute atomic E-state index is 13.0. The Hall–Kier alpha value is -1.97. The second-order valence-electron chi connectivity index (χ2n) is 7.85. The van der Waals surface area contributed by atoms with Crippen molar-refractivity contribution in [2.24, 2.45) is 5.73 Å². The Morgan fingerprint density at radius 3 is 2.52 bits per heavy atom. The Labute approximate surface area is 172 Å². The highest BCUT2D eigenvalue weighted by atomic mass is 32.2. The van der Waals surface area contributed by atoms with Gasteiger partial charge in [0.1, 0.15) is 5.82 Å². The highest BCUT2D eigenvalue weighted by molar-refractivity contribution is 7.89. The van der Waals surface area contributed by atoms with E-state index in [1.165, 1.54) is 0 Å². The number of sulfonamides is 1. The van der Waals surface area contributed by atoms with E-state index in [2.05, 4.69) is 4.57 Å². The van der Waals surface area contributed by atoms with Crippen LogP contribution in [0.4, 0.5) is 0 Å². The van der Waals surface area contributed by atoms with Crippen LogP contribution in [0.2, 0.25) is 0 Å². The van der Waals surface area contributed by atoms with Crippen molar-refractivity contribution in [3.63, 3.8) is 0 Å². The minimum atomic E-state index is -3.50. The van der Waals surface area contributed by atoms with E-state index >= 15 is 0 Å². The lowest BCUT2D eigenvalue weighted by molar-refractivity contribution is -0.119. The van der Waals surface area contributed by atoms with Crippen LogP contribution in [0.1, 0.15) is 45.9 Å². The fraction of sp³-hybridized carbons (Fsp3) is 0.600. The first kappa shape index (κ1) is 21.7. The smallest absolute Gasteiger partial charge is 0.243 e. The molecule has 0 spiro atoms. The van der Waals surface area contributed by atoms with Crippen LogP contribution in [0.3, 0.4) is 0 Å². The first-order valence-corrected chi connectivity index (χ1v) is 11.7. The van der Waals surface area contributed by atoms with Gasteiger partial charge in [0, 0.05) is 25.7 Å². The Morgan fingerprint density at radius 2 is 1.93 bits per heavy atom. The number of amides is 1. The molecular formula is C20H31N5O3S. The van der Waals surface area contributed by atoms with Gasteiger partial charge in [-0.1, -0.05) is 6.42 Å². The zero-order valence-corrected chi connectivity index (χ0v) is 18.3. The predicted octanol–water partition coefficient (Wildman–Crippen LogP) is 1.93. The molecule has 1 fully saturated rings. The van der Waals surface area contributed by atoms with Gasteiger partial charge in [-0.15, -0.1) is 0 Å². The van der Waals surface area contributed by atoms with Gasteiger partial charge in [-0.05, 0) is 51.8 Å². The van der Waals surface area contributed by atoms with Crippen molar-refractivity contribution in [2.75, 3.05) is 19.6 Å². The molecule has 1 aromatic heterocycles. The monoisotopic (exact) mass is 421 g/mol. The first-order valence-electron chi connectivity index (χ1n) is 10.3. The van der Waals surface area contributed by atoms with Crippen molar-refractivity contribution >= 4 is 27.0 Å². The summed E-state index contributed by atoms with van der Waals surface area (Å²) in [5.74, 6) is 0.415. The van der Waals surface area contributed by atoms with E-state index in [0.29, 0.717) is 31.7 Å².